The standard InChI is InChI=1S/C18H15BrFN/c1-21-18(16-11-15(20)8-9-17(16)19)14-7-6-12-4-2-3-5-13(12)10-14/h2-11,18,21H,1H3. The molecule has 0 fully saturated rings. The van der Waals surface area contributed by atoms with Gasteiger partial charge in [-0.2, -0.15) is 0 Å². The minimum atomic E-state index is -0.228. The Bertz CT molecular complexity index is 785. The van der Waals surface area contributed by atoms with E-state index in [9.17, 15) is 4.39 Å². The summed E-state index contributed by atoms with van der Waals surface area (Å²) in [5.41, 5.74) is 2.01. The van der Waals surface area contributed by atoms with Crippen LogP contribution in [-0.4, -0.2) is 7.05 Å². The van der Waals surface area contributed by atoms with E-state index in [-0.39, 0.29) is 11.9 Å². The average Bonchev–Trinajstić information content (AvgIpc) is 2.51. The second-order valence-corrected chi connectivity index (χ2v) is 5.85. The Morgan fingerprint density at radius 1 is 0.952 bits per heavy atom. The van der Waals surface area contributed by atoms with Crippen molar-refractivity contribution in [2.24, 2.45) is 0 Å². The molecule has 0 spiro atoms. The number of hydrogen-bond donors (Lipinski definition) is 1. The van der Waals surface area contributed by atoms with Crippen LogP contribution in [0.4, 0.5) is 4.39 Å². The van der Waals surface area contributed by atoms with Crippen molar-refractivity contribution in [1.82, 2.24) is 5.32 Å². The molecule has 0 saturated heterocycles. The predicted molar refractivity (Wildman–Crippen MR) is 89.0 cm³/mol. The highest BCUT2D eigenvalue weighted by molar-refractivity contribution is 9.10. The largest absolute Gasteiger partial charge is 0.309 e. The number of halogens is 2. The van der Waals surface area contributed by atoms with Crippen LogP contribution in [0.3, 0.4) is 0 Å². The van der Waals surface area contributed by atoms with E-state index in [1.54, 1.807) is 12.1 Å². The first kappa shape index (κ1) is 14.2. The molecule has 0 amide bonds. The van der Waals surface area contributed by atoms with Crippen LogP contribution in [-0.2, 0) is 0 Å². The lowest BCUT2D eigenvalue weighted by Gasteiger charge is -2.19. The molecule has 21 heavy (non-hydrogen) atoms. The Kier molecular flexibility index (Phi) is 4.04. The average molecular weight is 344 g/mol. The summed E-state index contributed by atoms with van der Waals surface area (Å²) in [5, 5.41) is 5.66. The minimum absolute atomic E-state index is 0.0559. The molecule has 3 aromatic rings. The summed E-state index contributed by atoms with van der Waals surface area (Å²) in [6.45, 7) is 0. The number of nitrogens with one attached hydrogen (secondary N) is 1. The first-order chi connectivity index (χ1) is 10.2. The quantitative estimate of drug-likeness (QED) is 0.701. The number of benzene rings is 3. The second-order valence-electron chi connectivity index (χ2n) is 4.99. The normalized spacial score (nSPS) is 12.5. The van der Waals surface area contributed by atoms with Crippen LogP contribution < -0.4 is 5.32 Å². The Hall–Kier alpha value is -1.71. The van der Waals surface area contributed by atoms with E-state index >= 15 is 0 Å². The first-order valence-electron chi connectivity index (χ1n) is 6.80. The van der Waals surface area contributed by atoms with Gasteiger partial charge in [0.05, 0.1) is 6.04 Å². The molecule has 3 rings (SSSR count). The predicted octanol–water partition coefficient (Wildman–Crippen LogP) is 5.05. The molecule has 1 N–H and O–H groups in total. The van der Waals surface area contributed by atoms with Gasteiger partial charge in [-0.25, -0.2) is 4.39 Å². The fourth-order valence-electron chi connectivity index (χ4n) is 2.62. The fourth-order valence-corrected chi connectivity index (χ4v) is 3.10. The van der Waals surface area contributed by atoms with Crippen molar-refractivity contribution < 1.29 is 4.39 Å². The first-order valence-corrected chi connectivity index (χ1v) is 7.59. The van der Waals surface area contributed by atoms with E-state index < -0.39 is 0 Å². The minimum Gasteiger partial charge on any atom is -0.309 e. The van der Waals surface area contributed by atoms with Gasteiger partial charge in [0.2, 0.25) is 0 Å². The van der Waals surface area contributed by atoms with E-state index in [0.717, 1.165) is 15.6 Å². The van der Waals surface area contributed by atoms with Crippen molar-refractivity contribution in [2.45, 2.75) is 6.04 Å². The smallest absolute Gasteiger partial charge is 0.123 e. The highest BCUT2D eigenvalue weighted by Crippen LogP contribution is 2.30. The summed E-state index contributed by atoms with van der Waals surface area (Å²) in [6, 6.07) is 19.3. The van der Waals surface area contributed by atoms with E-state index in [0.29, 0.717) is 0 Å². The lowest BCUT2D eigenvalue weighted by molar-refractivity contribution is 0.615. The van der Waals surface area contributed by atoms with Gasteiger partial charge in [0.25, 0.3) is 0 Å². The van der Waals surface area contributed by atoms with Gasteiger partial charge in [-0.05, 0) is 53.2 Å². The lowest BCUT2D eigenvalue weighted by atomic mass is 9.96. The second kappa shape index (κ2) is 5.96. The monoisotopic (exact) mass is 343 g/mol. The third-order valence-corrected chi connectivity index (χ3v) is 4.39. The van der Waals surface area contributed by atoms with Crippen molar-refractivity contribution in [2.75, 3.05) is 7.05 Å². The van der Waals surface area contributed by atoms with E-state index in [1.807, 2.05) is 19.2 Å². The molecule has 1 unspecified atom stereocenters. The SMILES string of the molecule is CNC(c1ccc2ccccc2c1)c1cc(F)ccc1Br. The molecule has 3 heteroatoms. The van der Waals surface area contributed by atoms with Gasteiger partial charge in [-0.1, -0.05) is 52.3 Å². The van der Waals surface area contributed by atoms with Crippen LogP contribution in [0, 0.1) is 5.82 Å². The van der Waals surface area contributed by atoms with Crippen LogP contribution in [0.2, 0.25) is 0 Å². The topological polar surface area (TPSA) is 12.0 Å². The van der Waals surface area contributed by atoms with Crippen molar-refractivity contribution in [3.8, 4) is 0 Å². The zero-order chi connectivity index (χ0) is 14.8. The molecular formula is C18H15BrFN. The van der Waals surface area contributed by atoms with Crippen molar-refractivity contribution in [3.05, 3.63) is 82.1 Å². The van der Waals surface area contributed by atoms with E-state index in [2.05, 4.69) is 51.6 Å². The van der Waals surface area contributed by atoms with Gasteiger partial charge in [0, 0.05) is 4.47 Å². The summed E-state index contributed by atoms with van der Waals surface area (Å²) in [5.74, 6) is -0.228. The third-order valence-electron chi connectivity index (χ3n) is 3.66. The summed E-state index contributed by atoms with van der Waals surface area (Å²) in [4.78, 5) is 0. The molecule has 0 radical (unpaired) electrons. The van der Waals surface area contributed by atoms with Crippen LogP contribution in [0.25, 0.3) is 10.8 Å². The third kappa shape index (κ3) is 2.85. The maximum atomic E-state index is 13.6. The fraction of sp³-hybridized carbons (Fsp3) is 0.111. The molecule has 0 aliphatic heterocycles. The molecular weight excluding hydrogens is 329 g/mol. The Morgan fingerprint density at radius 2 is 1.71 bits per heavy atom. The number of rotatable bonds is 3. The summed E-state index contributed by atoms with van der Waals surface area (Å²) in [6.07, 6.45) is 0. The number of hydrogen-bond acceptors (Lipinski definition) is 1. The van der Waals surface area contributed by atoms with Gasteiger partial charge in [-0.3, -0.25) is 0 Å². The zero-order valence-corrected chi connectivity index (χ0v) is 13.2. The molecule has 106 valence electrons. The zero-order valence-electron chi connectivity index (χ0n) is 11.6. The maximum Gasteiger partial charge on any atom is 0.123 e. The van der Waals surface area contributed by atoms with Gasteiger partial charge >= 0.3 is 0 Å². The summed E-state index contributed by atoms with van der Waals surface area (Å²) >= 11 is 3.51. The molecule has 1 nitrogen and oxygen atoms in total. The molecule has 0 aromatic heterocycles. The van der Waals surface area contributed by atoms with Gasteiger partial charge in [0.1, 0.15) is 5.82 Å². The molecule has 1 atom stereocenters. The molecule has 3 aromatic carbocycles. The van der Waals surface area contributed by atoms with Crippen LogP contribution in [0.5, 0.6) is 0 Å². The number of fused-ring (bicyclic) bond motifs is 1. The van der Waals surface area contributed by atoms with Gasteiger partial charge < -0.3 is 5.32 Å². The van der Waals surface area contributed by atoms with E-state index in [4.69, 9.17) is 0 Å². The Balaban J connectivity index is 2.11. The molecule has 0 saturated carbocycles. The lowest BCUT2D eigenvalue weighted by Crippen LogP contribution is -2.18. The molecule has 0 aliphatic carbocycles. The summed E-state index contributed by atoms with van der Waals surface area (Å²) in [7, 11) is 1.89. The van der Waals surface area contributed by atoms with Crippen molar-refractivity contribution >= 4 is 26.7 Å². The molecule has 0 aliphatic rings. The summed E-state index contributed by atoms with van der Waals surface area (Å²) < 4.78 is 14.5. The van der Waals surface area contributed by atoms with Crippen molar-refractivity contribution in [1.29, 1.82) is 0 Å². The van der Waals surface area contributed by atoms with Crippen molar-refractivity contribution in [3.63, 3.8) is 0 Å². The molecule has 0 bridgehead atoms. The highest BCUT2D eigenvalue weighted by atomic mass is 79.9. The van der Waals surface area contributed by atoms with Crippen LogP contribution >= 0.6 is 15.9 Å². The van der Waals surface area contributed by atoms with Crippen LogP contribution in [0.15, 0.2) is 65.1 Å². The highest BCUT2D eigenvalue weighted by Gasteiger charge is 2.16. The van der Waals surface area contributed by atoms with Crippen LogP contribution in [0.1, 0.15) is 17.2 Å². The van der Waals surface area contributed by atoms with Gasteiger partial charge in [0.15, 0.2) is 0 Å². The van der Waals surface area contributed by atoms with Gasteiger partial charge in [-0.15, -0.1) is 0 Å². The molecule has 0 heterocycles. The maximum absolute atomic E-state index is 13.6. The Labute approximate surface area is 131 Å². The van der Waals surface area contributed by atoms with E-state index in [1.165, 1.54) is 16.8 Å². The Morgan fingerprint density at radius 3 is 2.48 bits per heavy atom.